The summed E-state index contributed by atoms with van der Waals surface area (Å²) in [5.74, 6) is 2.28. The van der Waals surface area contributed by atoms with Crippen LogP contribution in [0.3, 0.4) is 0 Å². The molecule has 1 aliphatic heterocycles. The van der Waals surface area contributed by atoms with Gasteiger partial charge in [-0.15, -0.1) is 0 Å². The van der Waals surface area contributed by atoms with Gasteiger partial charge in [0.05, 0.1) is 21.3 Å². The molecule has 0 N–H and O–H groups in total. The van der Waals surface area contributed by atoms with Crippen LogP contribution in [0.4, 0.5) is 0 Å². The number of hydrogen-bond donors (Lipinski definition) is 0. The number of allylic oxidation sites excluding steroid dienone is 2. The van der Waals surface area contributed by atoms with Crippen LogP contribution in [0.5, 0.6) is 17.2 Å². The van der Waals surface area contributed by atoms with Gasteiger partial charge in [0, 0.05) is 38.3 Å². The van der Waals surface area contributed by atoms with Crippen molar-refractivity contribution >= 4 is 5.91 Å². The van der Waals surface area contributed by atoms with E-state index >= 15 is 0 Å². The summed E-state index contributed by atoms with van der Waals surface area (Å²) in [7, 11) is 4.68. The van der Waals surface area contributed by atoms with Crippen LogP contribution in [-0.2, 0) is 0 Å². The number of amides is 1. The summed E-state index contributed by atoms with van der Waals surface area (Å²) in [6, 6.07) is 3.45. The predicted molar refractivity (Wildman–Crippen MR) is 105 cm³/mol. The van der Waals surface area contributed by atoms with Gasteiger partial charge in [-0.2, -0.15) is 0 Å². The van der Waals surface area contributed by atoms with Gasteiger partial charge in [-0.3, -0.25) is 9.69 Å². The maximum Gasteiger partial charge on any atom is 0.254 e. The van der Waals surface area contributed by atoms with E-state index in [0.29, 0.717) is 22.8 Å². The molecule has 0 bridgehead atoms. The minimum atomic E-state index is 0.00880. The molecule has 1 aromatic rings. The lowest BCUT2D eigenvalue weighted by atomic mass is 9.94. The first kappa shape index (κ1) is 19.5. The molecule has 3 rings (SSSR count). The number of carbonyl (C=O) groups excluding carboxylic acids is 1. The van der Waals surface area contributed by atoms with Gasteiger partial charge in [0.15, 0.2) is 11.5 Å². The highest BCUT2D eigenvalue weighted by Gasteiger charge is 2.26. The average molecular weight is 374 g/mol. The SMILES string of the molecule is COc1cc(C(=O)N2CCN(C[C@H]3CC=CCC3)CC2)cc(OC)c1OC. The molecule has 27 heavy (non-hydrogen) atoms. The van der Waals surface area contributed by atoms with Crippen molar-refractivity contribution in [3.63, 3.8) is 0 Å². The summed E-state index contributed by atoms with van der Waals surface area (Å²) in [6.07, 6.45) is 8.25. The Labute approximate surface area is 161 Å². The lowest BCUT2D eigenvalue weighted by molar-refractivity contribution is 0.0613. The van der Waals surface area contributed by atoms with E-state index in [0.717, 1.165) is 38.6 Å². The van der Waals surface area contributed by atoms with E-state index in [1.165, 1.54) is 19.3 Å². The Kier molecular flexibility index (Phi) is 6.61. The molecule has 1 atom stereocenters. The Balaban J connectivity index is 1.62. The highest BCUT2D eigenvalue weighted by atomic mass is 16.5. The summed E-state index contributed by atoms with van der Waals surface area (Å²) in [6.45, 7) is 4.49. The smallest absolute Gasteiger partial charge is 0.254 e. The fourth-order valence-electron chi connectivity index (χ4n) is 3.91. The van der Waals surface area contributed by atoms with Crippen LogP contribution in [0.15, 0.2) is 24.3 Å². The van der Waals surface area contributed by atoms with Crippen LogP contribution in [0.2, 0.25) is 0 Å². The number of carbonyl (C=O) groups is 1. The summed E-state index contributed by atoms with van der Waals surface area (Å²) in [5, 5.41) is 0. The zero-order valence-electron chi connectivity index (χ0n) is 16.6. The van der Waals surface area contributed by atoms with Gasteiger partial charge in [0.2, 0.25) is 5.75 Å². The quantitative estimate of drug-likeness (QED) is 0.717. The summed E-state index contributed by atoms with van der Waals surface area (Å²) < 4.78 is 16.1. The van der Waals surface area contributed by atoms with E-state index in [1.807, 2.05) is 4.90 Å². The molecule has 0 saturated carbocycles. The number of piperazine rings is 1. The number of rotatable bonds is 6. The average Bonchev–Trinajstić information content (AvgIpc) is 2.73. The topological polar surface area (TPSA) is 51.2 Å². The molecule has 1 saturated heterocycles. The lowest BCUT2D eigenvalue weighted by Gasteiger charge is -2.36. The first-order valence-electron chi connectivity index (χ1n) is 9.63. The van der Waals surface area contributed by atoms with Gasteiger partial charge in [-0.05, 0) is 37.3 Å². The zero-order chi connectivity index (χ0) is 19.2. The first-order valence-corrected chi connectivity index (χ1v) is 9.63. The molecule has 6 heteroatoms. The molecule has 0 spiro atoms. The number of benzene rings is 1. The monoisotopic (exact) mass is 374 g/mol. The van der Waals surface area contributed by atoms with Crippen molar-refractivity contribution in [2.45, 2.75) is 19.3 Å². The second-order valence-corrected chi connectivity index (χ2v) is 7.16. The second kappa shape index (κ2) is 9.13. The number of hydrogen-bond acceptors (Lipinski definition) is 5. The predicted octanol–water partition coefficient (Wildman–Crippen LogP) is 2.83. The molecular weight excluding hydrogens is 344 g/mol. The first-order chi connectivity index (χ1) is 13.2. The normalized spacial score (nSPS) is 20.4. The van der Waals surface area contributed by atoms with E-state index in [4.69, 9.17) is 14.2 Å². The number of methoxy groups -OCH3 is 3. The van der Waals surface area contributed by atoms with E-state index in [2.05, 4.69) is 17.1 Å². The molecule has 148 valence electrons. The van der Waals surface area contributed by atoms with Crippen molar-refractivity contribution in [2.75, 3.05) is 54.1 Å². The van der Waals surface area contributed by atoms with Gasteiger partial charge in [0.25, 0.3) is 5.91 Å². The van der Waals surface area contributed by atoms with Gasteiger partial charge in [0.1, 0.15) is 0 Å². The van der Waals surface area contributed by atoms with E-state index in [1.54, 1.807) is 33.5 Å². The van der Waals surface area contributed by atoms with Crippen molar-refractivity contribution < 1.29 is 19.0 Å². The minimum absolute atomic E-state index is 0.00880. The zero-order valence-corrected chi connectivity index (χ0v) is 16.6. The van der Waals surface area contributed by atoms with E-state index in [9.17, 15) is 4.79 Å². The standard InChI is InChI=1S/C21H30N2O4/c1-25-18-13-17(14-19(26-2)20(18)27-3)21(24)23-11-9-22(10-12-23)15-16-7-5-4-6-8-16/h4-5,13-14,16H,6-12,15H2,1-3H3/t16-/m0/s1. The van der Waals surface area contributed by atoms with Crippen molar-refractivity contribution in [1.29, 1.82) is 0 Å². The minimum Gasteiger partial charge on any atom is -0.493 e. The summed E-state index contributed by atoms with van der Waals surface area (Å²) in [4.78, 5) is 17.4. The Morgan fingerprint density at radius 1 is 1.00 bits per heavy atom. The third-order valence-electron chi connectivity index (χ3n) is 5.47. The summed E-state index contributed by atoms with van der Waals surface area (Å²) >= 11 is 0. The van der Waals surface area contributed by atoms with Crippen LogP contribution in [-0.4, -0.2) is 69.8 Å². The van der Waals surface area contributed by atoms with Gasteiger partial charge < -0.3 is 19.1 Å². The number of nitrogens with zero attached hydrogens (tertiary/aromatic N) is 2. The fraction of sp³-hybridized carbons (Fsp3) is 0.571. The van der Waals surface area contributed by atoms with Crippen molar-refractivity contribution in [3.8, 4) is 17.2 Å². The van der Waals surface area contributed by atoms with E-state index < -0.39 is 0 Å². The van der Waals surface area contributed by atoms with Crippen molar-refractivity contribution in [3.05, 3.63) is 29.8 Å². The van der Waals surface area contributed by atoms with Crippen LogP contribution >= 0.6 is 0 Å². The van der Waals surface area contributed by atoms with Crippen LogP contribution < -0.4 is 14.2 Å². The largest absolute Gasteiger partial charge is 0.493 e. The fourth-order valence-corrected chi connectivity index (χ4v) is 3.91. The lowest BCUT2D eigenvalue weighted by Crippen LogP contribution is -2.49. The molecular formula is C21H30N2O4. The molecule has 1 aliphatic carbocycles. The highest BCUT2D eigenvalue weighted by molar-refractivity contribution is 5.95. The Morgan fingerprint density at radius 3 is 2.19 bits per heavy atom. The number of ether oxygens (including phenoxy) is 3. The van der Waals surface area contributed by atoms with Crippen LogP contribution in [0.1, 0.15) is 29.6 Å². The summed E-state index contributed by atoms with van der Waals surface area (Å²) in [5.41, 5.74) is 0.565. The third-order valence-corrected chi connectivity index (χ3v) is 5.47. The Bertz CT molecular complexity index is 656. The molecule has 1 amide bonds. The molecule has 0 unspecified atom stereocenters. The molecule has 1 fully saturated rings. The highest BCUT2D eigenvalue weighted by Crippen LogP contribution is 2.38. The van der Waals surface area contributed by atoms with Gasteiger partial charge >= 0.3 is 0 Å². The van der Waals surface area contributed by atoms with E-state index in [-0.39, 0.29) is 5.91 Å². The van der Waals surface area contributed by atoms with Crippen LogP contribution in [0, 0.1) is 5.92 Å². The van der Waals surface area contributed by atoms with Crippen molar-refractivity contribution in [1.82, 2.24) is 9.80 Å². The molecule has 0 aromatic heterocycles. The third kappa shape index (κ3) is 4.56. The van der Waals surface area contributed by atoms with Crippen LogP contribution in [0.25, 0.3) is 0 Å². The molecule has 2 aliphatic rings. The molecule has 1 heterocycles. The maximum atomic E-state index is 13.0. The molecule has 1 aromatic carbocycles. The Morgan fingerprint density at radius 2 is 1.67 bits per heavy atom. The molecule has 6 nitrogen and oxygen atoms in total. The maximum absolute atomic E-state index is 13.0. The van der Waals surface area contributed by atoms with Gasteiger partial charge in [-0.25, -0.2) is 0 Å². The van der Waals surface area contributed by atoms with Gasteiger partial charge in [-0.1, -0.05) is 12.2 Å². The molecule has 0 radical (unpaired) electrons. The second-order valence-electron chi connectivity index (χ2n) is 7.16. The Hall–Kier alpha value is -2.21. The van der Waals surface area contributed by atoms with Crippen molar-refractivity contribution in [2.24, 2.45) is 5.92 Å².